The Morgan fingerprint density at radius 3 is 2.48 bits per heavy atom. The number of nitrogens with zero attached hydrogens (tertiary/aromatic N) is 1. The molecule has 1 amide bonds. The minimum atomic E-state index is -0.384. The minimum absolute atomic E-state index is 0.212. The van der Waals surface area contributed by atoms with Crippen molar-refractivity contribution < 1.29 is 48.6 Å². The molecule has 0 bridgehead atoms. The molecule has 3 aromatic rings. The number of nitrogens with two attached hydrogens (primary N) is 1. The van der Waals surface area contributed by atoms with Crippen molar-refractivity contribution in [3.05, 3.63) is 59.8 Å². The topological polar surface area (TPSA) is 80.3 Å². The number of aryl methyl sites for hydroxylation is 1. The molecule has 0 atom stereocenters. The predicted molar refractivity (Wildman–Crippen MR) is 118 cm³/mol. The summed E-state index contributed by atoms with van der Waals surface area (Å²) in [7, 11) is 0. The van der Waals surface area contributed by atoms with Crippen LogP contribution in [-0.4, -0.2) is 35.6 Å². The number of rotatable bonds is 6. The number of fused-ring (bicyclic) bond motifs is 3. The summed E-state index contributed by atoms with van der Waals surface area (Å²) in [6.07, 6.45) is 5.22. The fourth-order valence-electron chi connectivity index (χ4n) is 4.37. The predicted octanol–water partition coefficient (Wildman–Crippen LogP) is 2.61. The van der Waals surface area contributed by atoms with Gasteiger partial charge in [0.25, 0.3) is 0 Å². The number of hydrogen-bond acceptors (Lipinski definition) is 3. The maximum atomic E-state index is 12.0. The van der Waals surface area contributed by atoms with Crippen molar-refractivity contribution in [2.75, 3.05) is 0 Å². The van der Waals surface area contributed by atoms with E-state index in [9.17, 15) is 9.90 Å². The number of aliphatic hydroxyl groups is 1. The summed E-state index contributed by atoms with van der Waals surface area (Å²) < 4.78 is 4.01. The number of nitrogens with one attached hydrogen (secondary N) is 1. The van der Waals surface area contributed by atoms with Gasteiger partial charge < -0.3 is 0 Å². The monoisotopic (exact) mass is 755 g/mol. The van der Waals surface area contributed by atoms with Gasteiger partial charge in [0, 0.05) is 0 Å². The molecule has 0 radical (unpaired) electrons. The first-order valence-electron chi connectivity index (χ1n) is 10.4. The molecule has 2 aromatic carbocycles. The summed E-state index contributed by atoms with van der Waals surface area (Å²) >= 11 is 2.36. The van der Waals surface area contributed by atoms with Gasteiger partial charge in [-0.2, -0.15) is 0 Å². The number of primary amides is 1. The van der Waals surface area contributed by atoms with Crippen LogP contribution in [0.1, 0.15) is 31.2 Å². The summed E-state index contributed by atoms with van der Waals surface area (Å²) in [5.74, 6) is -0.384. The molecule has 4 N–H and O–H groups in total. The Bertz CT molecular complexity index is 1220. The van der Waals surface area contributed by atoms with E-state index in [0.29, 0.717) is 3.90 Å². The third-order valence-corrected chi connectivity index (χ3v) is 8.51. The Hall–Kier alpha value is -1.67. The zero-order valence-electron chi connectivity index (χ0n) is 17.3. The molecule has 0 saturated heterocycles. The molecule has 0 spiro atoms. The quantitative estimate of drug-likeness (QED) is 0.363. The number of amides is 1. The second-order valence-corrected chi connectivity index (χ2v) is 11.0. The van der Waals surface area contributed by atoms with Crippen molar-refractivity contribution >= 4 is 35.6 Å². The summed E-state index contributed by atoms with van der Waals surface area (Å²) in [6.45, 7) is 2.15. The Kier molecular flexibility index (Phi) is 6.86. The second-order valence-electron chi connectivity index (χ2n) is 8.06. The van der Waals surface area contributed by atoms with Crippen LogP contribution in [0.15, 0.2) is 54.2 Å². The van der Waals surface area contributed by atoms with Crippen molar-refractivity contribution in [3.8, 4) is 0 Å². The molecule has 0 aliphatic heterocycles. The summed E-state index contributed by atoms with van der Waals surface area (Å²) in [4.78, 5) is 12.0. The van der Waals surface area contributed by atoms with Crippen LogP contribution in [0, 0.1) is 6.92 Å². The molecule has 1 aromatic heterocycles. The molecule has 160 valence electrons. The number of hydrogen-bond donors (Lipinski definition) is 3. The number of para-hydroxylation sites is 1. The Morgan fingerprint density at radius 1 is 1.10 bits per heavy atom. The third kappa shape index (κ3) is 4.60. The van der Waals surface area contributed by atoms with Gasteiger partial charge in [0.05, 0.1) is 0 Å². The van der Waals surface area contributed by atoms with Gasteiger partial charge in [-0.25, -0.2) is 0 Å². The first kappa shape index (κ1) is 22.5. The van der Waals surface area contributed by atoms with Crippen LogP contribution in [0.25, 0.3) is 21.8 Å². The second kappa shape index (κ2) is 9.44. The first-order valence-corrected chi connectivity index (χ1v) is 13.3. The fourth-order valence-corrected chi connectivity index (χ4v) is 5.92. The van der Waals surface area contributed by atoms with Gasteiger partial charge in [-0.1, -0.05) is 0 Å². The van der Waals surface area contributed by atoms with Crippen LogP contribution in [0.5, 0.6) is 0 Å². The number of aromatic nitrogens is 1. The Labute approximate surface area is 203 Å². The van der Waals surface area contributed by atoms with E-state index in [0.717, 1.165) is 60.3 Å². The average Bonchev–Trinajstić information content (AvgIpc) is 3.09. The van der Waals surface area contributed by atoms with Crippen molar-refractivity contribution in [2.45, 2.75) is 44.8 Å². The molecular weight excluding hydrogens is 730 g/mol. The van der Waals surface area contributed by atoms with Crippen LogP contribution in [0.4, 0.5) is 0 Å². The third-order valence-electron chi connectivity index (χ3n) is 5.92. The zero-order valence-corrected chi connectivity index (χ0v) is 23.2. The summed E-state index contributed by atoms with van der Waals surface area (Å²) in [5, 5.41) is 15.9. The number of allylic oxidation sites excluding steroid dienone is 1. The molecule has 4 rings (SSSR count). The SMILES string of the molecule is Cc1cccc2c1c1ccccc1n2[C](=[W])/C=C(/NC1CCC(O)CC1)[C](=[W])C(N)=O. The fraction of sp³-hybridized carbons (Fsp3) is 0.292. The van der Waals surface area contributed by atoms with Gasteiger partial charge in [-0.3, -0.25) is 0 Å². The molecule has 31 heavy (non-hydrogen) atoms. The molecule has 1 fully saturated rings. The van der Waals surface area contributed by atoms with E-state index >= 15 is 0 Å². The van der Waals surface area contributed by atoms with Gasteiger partial charge >= 0.3 is 204 Å². The molecule has 1 saturated carbocycles. The van der Waals surface area contributed by atoms with Crippen LogP contribution in [-0.2, 0) is 43.5 Å². The van der Waals surface area contributed by atoms with Crippen LogP contribution < -0.4 is 11.1 Å². The number of benzene rings is 2. The van der Waals surface area contributed by atoms with Crippen LogP contribution in [0.3, 0.4) is 0 Å². The van der Waals surface area contributed by atoms with Gasteiger partial charge in [0.15, 0.2) is 0 Å². The van der Waals surface area contributed by atoms with E-state index in [1.807, 2.05) is 0 Å². The summed E-state index contributed by atoms with van der Waals surface area (Å²) in [6, 6.07) is 15.1. The molecule has 7 heteroatoms. The van der Waals surface area contributed by atoms with E-state index < -0.39 is 0 Å². The molecule has 5 nitrogen and oxygen atoms in total. The van der Waals surface area contributed by atoms with Gasteiger partial charge in [-0.15, -0.1) is 0 Å². The standard InChI is InChI=1S/C24H25N3O2.2W/c1-16-5-4-8-22-24(16)20-6-2-3-7-21(20)27(22)14-13-18(15-23(25)29)26-17-9-11-19(28)12-10-17;;/h2-8,13,17,19,26,28H,9-12H2,1H3,(H2,25,29);;/b18-13+;;. The molecule has 0 unspecified atom stereocenters. The van der Waals surface area contributed by atoms with Crippen molar-refractivity contribution in [2.24, 2.45) is 5.73 Å². The van der Waals surface area contributed by atoms with Gasteiger partial charge in [0.2, 0.25) is 0 Å². The van der Waals surface area contributed by atoms with Crippen LogP contribution >= 0.6 is 0 Å². The summed E-state index contributed by atoms with van der Waals surface area (Å²) in [5.41, 5.74) is 10.1. The molecule has 1 aliphatic carbocycles. The van der Waals surface area contributed by atoms with Gasteiger partial charge in [0.1, 0.15) is 0 Å². The molecule has 1 aliphatic rings. The van der Waals surface area contributed by atoms with Crippen LogP contribution in [0.2, 0.25) is 0 Å². The average molecular weight is 755 g/mol. The number of carbonyl (C=O) groups excluding carboxylic acids is 1. The van der Waals surface area contributed by atoms with E-state index in [1.165, 1.54) is 41.2 Å². The normalized spacial score (nSPS) is 19.5. The van der Waals surface area contributed by atoms with Crippen molar-refractivity contribution in [1.82, 2.24) is 9.88 Å². The molecule has 1 heterocycles. The van der Waals surface area contributed by atoms with E-state index in [2.05, 4.69) is 65.3 Å². The Balaban J connectivity index is 1.78. The van der Waals surface area contributed by atoms with E-state index in [4.69, 9.17) is 5.73 Å². The first-order chi connectivity index (χ1) is 14.9. The van der Waals surface area contributed by atoms with E-state index in [-0.39, 0.29) is 18.1 Å². The van der Waals surface area contributed by atoms with Crippen molar-refractivity contribution in [3.63, 3.8) is 0 Å². The zero-order chi connectivity index (χ0) is 22.1. The number of aliphatic hydroxyl groups excluding tert-OH is 1. The van der Waals surface area contributed by atoms with E-state index in [1.54, 1.807) is 0 Å². The number of carbonyl (C=O) groups is 1. The Morgan fingerprint density at radius 2 is 1.77 bits per heavy atom. The molecular formula is C24H25N3O2W2. The van der Waals surface area contributed by atoms with Gasteiger partial charge in [-0.05, 0) is 0 Å². The van der Waals surface area contributed by atoms with Crippen molar-refractivity contribution in [1.29, 1.82) is 0 Å². The maximum absolute atomic E-state index is 12.0.